The molecule has 0 radical (unpaired) electrons. The van der Waals surface area contributed by atoms with E-state index in [0.29, 0.717) is 11.5 Å². The van der Waals surface area contributed by atoms with Crippen LogP contribution in [-0.2, 0) is 18.3 Å². The summed E-state index contributed by atoms with van der Waals surface area (Å²) in [5.74, 6) is 0.235. The molecule has 0 spiro atoms. The molecule has 11 nitrogen and oxygen atoms in total. The maximum Gasteiger partial charge on any atom is 0.329 e. The van der Waals surface area contributed by atoms with E-state index < -0.39 is 11.2 Å². The van der Waals surface area contributed by atoms with Gasteiger partial charge in [-0.2, -0.15) is 5.10 Å². The Morgan fingerprint density at radius 2 is 2.00 bits per heavy atom. The second-order valence-corrected chi connectivity index (χ2v) is 7.07. The molecule has 4 rings (SSSR count). The van der Waals surface area contributed by atoms with Crippen molar-refractivity contribution >= 4 is 33.8 Å². The lowest BCUT2D eigenvalue weighted by Gasteiger charge is -2.07. The monoisotopic (exact) mass is 396 g/mol. The van der Waals surface area contributed by atoms with Gasteiger partial charge in [0.05, 0.1) is 18.1 Å². The number of anilines is 1. The number of nitrogens with zero attached hydrogens (tertiary/aromatic N) is 5. The fraction of sp³-hybridized carbons (Fsp3) is 0.333. The van der Waals surface area contributed by atoms with E-state index in [0.717, 1.165) is 11.0 Å². The Balaban J connectivity index is 1.46. The molecule has 0 aromatic carbocycles. The van der Waals surface area contributed by atoms with E-state index in [9.17, 15) is 14.4 Å². The van der Waals surface area contributed by atoms with Gasteiger partial charge in [-0.1, -0.05) is 0 Å². The zero-order valence-electron chi connectivity index (χ0n) is 16.2. The first-order valence-corrected chi connectivity index (χ1v) is 9.14. The first kappa shape index (κ1) is 18.6. The van der Waals surface area contributed by atoms with Crippen molar-refractivity contribution in [2.75, 3.05) is 5.32 Å². The number of amides is 1. The summed E-state index contributed by atoms with van der Waals surface area (Å²) in [7, 11) is 1.52. The van der Waals surface area contributed by atoms with Gasteiger partial charge in [-0.15, -0.1) is 0 Å². The number of aromatic nitrogens is 7. The molecule has 150 valence electrons. The molecule has 4 aromatic heterocycles. The highest BCUT2D eigenvalue weighted by Crippen LogP contribution is 2.19. The lowest BCUT2D eigenvalue weighted by molar-refractivity contribution is -0.116. The van der Waals surface area contributed by atoms with Crippen molar-refractivity contribution in [2.24, 2.45) is 7.05 Å². The number of imidazole rings is 1. The van der Waals surface area contributed by atoms with Crippen LogP contribution in [0.5, 0.6) is 0 Å². The lowest BCUT2D eigenvalue weighted by atomic mass is 10.2. The van der Waals surface area contributed by atoms with E-state index in [1.54, 1.807) is 12.4 Å². The number of carbonyl (C=O) groups is 1. The SMILES string of the molecule is CC(C)n1ncc2cc(NC(=O)CCc3nc4c([nH]3)c(=O)[nH]c(=O)n4C)cnc21. The molecule has 11 heteroatoms. The van der Waals surface area contributed by atoms with Crippen LogP contribution in [0.15, 0.2) is 28.0 Å². The van der Waals surface area contributed by atoms with Crippen LogP contribution in [0.1, 0.15) is 32.1 Å². The van der Waals surface area contributed by atoms with Gasteiger partial charge in [0, 0.05) is 31.3 Å². The van der Waals surface area contributed by atoms with Crippen LogP contribution >= 0.6 is 0 Å². The van der Waals surface area contributed by atoms with Crippen LogP contribution in [0, 0.1) is 0 Å². The van der Waals surface area contributed by atoms with E-state index in [2.05, 4.69) is 30.4 Å². The second kappa shape index (κ2) is 7.00. The number of rotatable bonds is 5. The van der Waals surface area contributed by atoms with Gasteiger partial charge >= 0.3 is 5.69 Å². The Morgan fingerprint density at radius 1 is 1.21 bits per heavy atom. The summed E-state index contributed by atoms with van der Waals surface area (Å²) in [5.41, 5.74) is 0.727. The number of aryl methyl sites for hydroxylation is 2. The summed E-state index contributed by atoms with van der Waals surface area (Å²) in [4.78, 5) is 49.5. The first-order chi connectivity index (χ1) is 13.8. The molecule has 0 aliphatic rings. The molecule has 0 aliphatic heterocycles. The van der Waals surface area contributed by atoms with Crippen molar-refractivity contribution in [1.29, 1.82) is 0 Å². The number of hydrogen-bond acceptors (Lipinski definition) is 6. The summed E-state index contributed by atoms with van der Waals surface area (Å²) < 4.78 is 3.06. The smallest absolute Gasteiger partial charge is 0.329 e. The normalized spacial score (nSPS) is 11.6. The first-order valence-electron chi connectivity index (χ1n) is 9.14. The molecule has 0 fully saturated rings. The fourth-order valence-electron chi connectivity index (χ4n) is 3.11. The molecular formula is C18H20N8O3. The predicted molar refractivity (Wildman–Crippen MR) is 107 cm³/mol. The van der Waals surface area contributed by atoms with E-state index >= 15 is 0 Å². The average molecular weight is 396 g/mol. The fourth-order valence-corrected chi connectivity index (χ4v) is 3.11. The molecule has 4 heterocycles. The molecule has 3 N–H and O–H groups in total. The van der Waals surface area contributed by atoms with E-state index in [-0.39, 0.29) is 36.0 Å². The average Bonchev–Trinajstić information content (AvgIpc) is 3.29. The Bertz CT molecular complexity index is 1340. The highest BCUT2D eigenvalue weighted by Gasteiger charge is 2.13. The van der Waals surface area contributed by atoms with Crippen molar-refractivity contribution in [1.82, 2.24) is 34.3 Å². The lowest BCUT2D eigenvalue weighted by Crippen LogP contribution is -2.28. The number of fused-ring (bicyclic) bond motifs is 2. The van der Waals surface area contributed by atoms with Crippen LogP contribution in [-0.4, -0.2) is 40.2 Å². The molecule has 0 aliphatic carbocycles. The predicted octanol–water partition coefficient (Wildman–Crippen LogP) is 0.847. The molecule has 0 atom stereocenters. The Hall–Kier alpha value is -3.76. The van der Waals surface area contributed by atoms with Gasteiger partial charge in [-0.3, -0.25) is 19.1 Å². The zero-order chi connectivity index (χ0) is 20.7. The number of pyridine rings is 1. The zero-order valence-corrected chi connectivity index (χ0v) is 16.2. The van der Waals surface area contributed by atoms with Crippen molar-refractivity contribution in [3.8, 4) is 0 Å². The van der Waals surface area contributed by atoms with Gasteiger partial charge in [0.25, 0.3) is 5.56 Å². The Kier molecular flexibility index (Phi) is 4.49. The van der Waals surface area contributed by atoms with Crippen LogP contribution in [0.2, 0.25) is 0 Å². The van der Waals surface area contributed by atoms with Gasteiger partial charge in [0.2, 0.25) is 5.91 Å². The molecule has 29 heavy (non-hydrogen) atoms. The van der Waals surface area contributed by atoms with Crippen molar-refractivity contribution in [2.45, 2.75) is 32.7 Å². The number of aromatic amines is 2. The van der Waals surface area contributed by atoms with Crippen LogP contribution < -0.4 is 16.6 Å². The molecule has 0 bridgehead atoms. The second-order valence-electron chi connectivity index (χ2n) is 7.07. The molecule has 0 unspecified atom stereocenters. The van der Waals surface area contributed by atoms with Gasteiger partial charge in [-0.25, -0.2) is 19.4 Å². The third-order valence-electron chi connectivity index (χ3n) is 4.60. The van der Waals surface area contributed by atoms with E-state index in [4.69, 9.17) is 0 Å². The topological polar surface area (TPSA) is 143 Å². The van der Waals surface area contributed by atoms with E-state index in [1.807, 2.05) is 24.6 Å². The van der Waals surface area contributed by atoms with Gasteiger partial charge in [0.15, 0.2) is 11.3 Å². The molecular weight excluding hydrogens is 376 g/mol. The highest BCUT2D eigenvalue weighted by atomic mass is 16.2. The van der Waals surface area contributed by atoms with Gasteiger partial charge in [0.1, 0.15) is 11.3 Å². The minimum Gasteiger partial charge on any atom is -0.336 e. The van der Waals surface area contributed by atoms with Crippen molar-refractivity contribution in [3.63, 3.8) is 0 Å². The highest BCUT2D eigenvalue weighted by molar-refractivity contribution is 5.92. The Labute approximate surface area is 163 Å². The van der Waals surface area contributed by atoms with Crippen LogP contribution in [0.3, 0.4) is 0 Å². The summed E-state index contributed by atoms with van der Waals surface area (Å²) in [6.07, 6.45) is 3.75. The number of nitrogens with one attached hydrogen (secondary N) is 3. The maximum absolute atomic E-state index is 12.3. The number of carbonyl (C=O) groups excluding carboxylic acids is 1. The third-order valence-corrected chi connectivity index (χ3v) is 4.60. The summed E-state index contributed by atoms with van der Waals surface area (Å²) >= 11 is 0. The Morgan fingerprint density at radius 3 is 2.76 bits per heavy atom. The summed E-state index contributed by atoms with van der Waals surface area (Å²) in [6, 6.07) is 2.01. The maximum atomic E-state index is 12.3. The van der Waals surface area contributed by atoms with Crippen LogP contribution in [0.25, 0.3) is 22.2 Å². The molecule has 0 saturated heterocycles. The van der Waals surface area contributed by atoms with Crippen molar-refractivity contribution < 1.29 is 4.79 Å². The number of H-pyrrole nitrogens is 2. The summed E-state index contributed by atoms with van der Waals surface area (Å²) in [6.45, 7) is 4.04. The quantitative estimate of drug-likeness (QED) is 0.456. The minimum atomic E-state index is -0.540. The molecule has 4 aromatic rings. The molecule has 1 amide bonds. The summed E-state index contributed by atoms with van der Waals surface area (Å²) in [5, 5.41) is 7.96. The van der Waals surface area contributed by atoms with Crippen molar-refractivity contribution in [3.05, 3.63) is 45.1 Å². The van der Waals surface area contributed by atoms with E-state index in [1.165, 1.54) is 11.6 Å². The van der Waals surface area contributed by atoms with Gasteiger partial charge in [-0.05, 0) is 19.9 Å². The third kappa shape index (κ3) is 3.42. The minimum absolute atomic E-state index is 0.148. The molecule has 0 saturated carbocycles. The van der Waals surface area contributed by atoms with Crippen LogP contribution in [0.4, 0.5) is 5.69 Å². The largest absolute Gasteiger partial charge is 0.336 e. The number of hydrogen-bond donors (Lipinski definition) is 3. The standard InChI is InChI=1S/C18H20N8O3/c1-9(2)26-15-10(7-20-26)6-11(8-19-15)21-13(27)5-4-12-22-14-16(23-12)25(3)18(29)24-17(14)28/h6-9H,4-5H2,1-3H3,(H,21,27)(H,22,23)(H,24,28,29). The van der Waals surface area contributed by atoms with Gasteiger partial charge < -0.3 is 10.3 Å².